The van der Waals surface area contributed by atoms with Crippen LogP contribution in [0.3, 0.4) is 0 Å². The molecule has 1 aliphatic heterocycles. The van der Waals surface area contributed by atoms with E-state index in [4.69, 9.17) is 21.1 Å². The van der Waals surface area contributed by atoms with E-state index in [0.717, 1.165) is 44.8 Å². The van der Waals surface area contributed by atoms with Crippen LogP contribution < -0.4 is 4.74 Å². The van der Waals surface area contributed by atoms with E-state index in [2.05, 4.69) is 4.90 Å². The van der Waals surface area contributed by atoms with Gasteiger partial charge in [-0.3, -0.25) is 4.90 Å². The van der Waals surface area contributed by atoms with Crippen molar-refractivity contribution in [2.24, 2.45) is 0 Å². The van der Waals surface area contributed by atoms with Gasteiger partial charge in [0.25, 0.3) is 0 Å². The topological polar surface area (TPSA) is 21.7 Å². The lowest BCUT2D eigenvalue weighted by molar-refractivity contribution is 0.0317. The molecule has 0 N–H and O–H groups in total. The summed E-state index contributed by atoms with van der Waals surface area (Å²) in [4.78, 5) is 2.31. The van der Waals surface area contributed by atoms with Gasteiger partial charge >= 0.3 is 0 Å². The van der Waals surface area contributed by atoms with Crippen molar-refractivity contribution in [2.75, 3.05) is 32.8 Å². The third-order valence-corrected chi connectivity index (χ3v) is 4.51. The monoisotopic (exact) mass is 367 g/mol. The second-order valence-electron chi connectivity index (χ2n) is 5.98. The molecule has 3 nitrogen and oxygen atoms in total. The third kappa shape index (κ3) is 5.14. The van der Waals surface area contributed by atoms with E-state index in [9.17, 15) is 8.78 Å². The Morgan fingerprint density at radius 2 is 1.80 bits per heavy atom. The van der Waals surface area contributed by atoms with Crippen molar-refractivity contribution in [1.29, 1.82) is 0 Å². The van der Waals surface area contributed by atoms with E-state index in [-0.39, 0.29) is 16.9 Å². The van der Waals surface area contributed by atoms with Gasteiger partial charge in [-0.15, -0.1) is 0 Å². The van der Waals surface area contributed by atoms with Gasteiger partial charge in [0.1, 0.15) is 23.5 Å². The second kappa shape index (κ2) is 8.61. The predicted octanol–water partition coefficient (Wildman–Crippen LogP) is 4.46. The summed E-state index contributed by atoms with van der Waals surface area (Å²) in [6, 6.07) is 10.5. The standard InChI is InChI=1S/C19H20ClF2NO2/c20-17-13-16(5-6-18(17)22)25-19(14-1-3-15(21)4-2-14)7-8-23-9-11-24-12-10-23/h1-6,13,19H,7-12H2. The van der Waals surface area contributed by atoms with Crippen LogP contribution in [0.1, 0.15) is 18.1 Å². The van der Waals surface area contributed by atoms with Gasteiger partial charge < -0.3 is 9.47 Å². The lowest BCUT2D eigenvalue weighted by atomic mass is 10.1. The van der Waals surface area contributed by atoms with Gasteiger partial charge in [-0.05, 0) is 29.8 Å². The average Bonchev–Trinajstić information content (AvgIpc) is 2.63. The highest BCUT2D eigenvalue weighted by Gasteiger charge is 2.18. The van der Waals surface area contributed by atoms with Gasteiger partial charge in [0, 0.05) is 32.1 Å². The number of morpholine rings is 1. The van der Waals surface area contributed by atoms with Crippen LogP contribution in [0.5, 0.6) is 5.75 Å². The zero-order valence-corrected chi connectivity index (χ0v) is 14.5. The fraction of sp³-hybridized carbons (Fsp3) is 0.368. The maximum Gasteiger partial charge on any atom is 0.142 e. The number of benzene rings is 2. The summed E-state index contributed by atoms with van der Waals surface area (Å²) in [6.07, 6.45) is 0.450. The first kappa shape index (κ1) is 18.1. The van der Waals surface area contributed by atoms with Gasteiger partial charge in [-0.2, -0.15) is 0 Å². The van der Waals surface area contributed by atoms with Gasteiger partial charge in [-0.1, -0.05) is 23.7 Å². The van der Waals surface area contributed by atoms with Crippen molar-refractivity contribution in [2.45, 2.75) is 12.5 Å². The highest BCUT2D eigenvalue weighted by molar-refractivity contribution is 6.30. The number of nitrogens with zero attached hydrogens (tertiary/aromatic N) is 1. The Balaban J connectivity index is 1.73. The first-order valence-electron chi connectivity index (χ1n) is 8.29. The second-order valence-corrected chi connectivity index (χ2v) is 6.38. The highest BCUT2D eigenvalue weighted by atomic mass is 35.5. The molecular weight excluding hydrogens is 348 g/mol. The number of ether oxygens (including phenoxy) is 2. The van der Waals surface area contributed by atoms with Gasteiger partial charge in [0.05, 0.1) is 18.2 Å². The number of hydrogen-bond acceptors (Lipinski definition) is 3. The predicted molar refractivity (Wildman–Crippen MR) is 93.1 cm³/mol. The molecule has 134 valence electrons. The molecule has 0 aliphatic carbocycles. The summed E-state index contributed by atoms with van der Waals surface area (Å²) >= 11 is 5.84. The van der Waals surface area contributed by atoms with Crippen molar-refractivity contribution in [3.8, 4) is 5.75 Å². The summed E-state index contributed by atoms with van der Waals surface area (Å²) in [5.41, 5.74) is 0.870. The van der Waals surface area contributed by atoms with Crippen molar-refractivity contribution < 1.29 is 18.3 Å². The van der Waals surface area contributed by atoms with Crippen molar-refractivity contribution in [1.82, 2.24) is 4.90 Å². The zero-order chi connectivity index (χ0) is 17.6. The smallest absolute Gasteiger partial charge is 0.142 e. The van der Waals surface area contributed by atoms with Crippen molar-refractivity contribution in [3.05, 3.63) is 64.7 Å². The Hall–Kier alpha value is -1.69. The normalized spacial score (nSPS) is 16.6. The first-order chi connectivity index (χ1) is 12.1. The van der Waals surface area contributed by atoms with E-state index < -0.39 is 5.82 Å². The lowest BCUT2D eigenvalue weighted by Crippen LogP contribution is -2.37. The molecule has 0 saturated carbocycles. The molecule has 1 heterocycles. The van der Waals surface area contributed by atoms with E-state index in [1.54, 1.807) is 18.2 Å². The summed E-state index contributed by atoms with van der Waals surface area (Å²) in [6.45, 7) is 4.07. The van der Waals surface area contributed by atoms with Crippen LogP contribution in [0.2, 0.25) is 5.02 Å². The minimum Gasteiger partial charge on any atom is -0.486 e. The summed E-state index contributed by atoms with van der Waals surface area (Å²) in [7, 11) is 0. The maximum atomic E-state index is 13.3. The molecule has 1 saturated heterocycles. The zero-order valence-electron chi connectivity index (χ0n) is 13.8. The third-order valence-electron chi connectivity index (χ3n) is 4.22. The minimum atomic E-state index is -0.485. The molecule has 1 unspecified atom stereocenters. The Morgan fingerprint density at radius 1 is 1.08 bits per heavy atom. The molecule has 2 aromatic carbocycles. The molecule has 2 aromatic rings. The van der Waals surface area contributed by atoms with Crippen LogP contribution in [0.4, 0.5) is 8.78 Å². The minimum absolute atomic E-state index is 0.0172. The van der Waals surface area contributed by atoms with E-state index in [1.807, 2.05) is 0 Å². The fourth-order valence-corrected chi connectivity index (χ4v) is 2.98. The van der Waals surface area contributed by atoms with Gasteiger partial charge in [0.15, 0.2) is 0 Å². The molecule has 0 amide bonds. The van der Waals surface area contributed by atoms with Gasteiger partial charge in [-0.25, -0.2) is 8.78 Å². The number of rotatable bonds is 6. The Bertz CT molecular complexity index is 690. The number of hydrogen-bond donors (Lipinski definition) is 0. The lowest BCUT2D eigenvalue weighted by Gasteiger charge is -2.28. The van der Waals surface area contributed by atoms with E-state index in [1.165, 1.54) is 24.3 Å². The average molecular weight is 368 g/mol. The molecule has 1 fully saturated rings. The van der Waals surface area contributed by atoms with Crippen LogP contribution in [0, 0.1) is 11.6 Å². The van der Waals surface area contributed by atoms with Gasteiger partial charge in [0.2, 0.25) is 0 Å². The van der Waals surface area contributed by atoms with E-state index >= 15 is 0 Å². The number of halogens is 3. The molecule has 3 rings (SSSR count). The summed E-state index contributed by atoms with van der Waals surface area (Å²) in [5.74, 6) is -0.288. The maximum absolute atomic E-state index is 13.3. The molecule has 6 heteroatoms. The molecule has 1 atom stereocenters. The molecule has 0 spiro atoms. The van der Waals surface area contributed by atoms with E-state index in [0.29, 0.717) is 5.75 Å². The van der Waals surface area contributed by atoms with Crippen LogP contribution in [-0.4, -0.2) is 37.7 Å². The highest BCUT2D eigenvalue weighted by Crippen LogP contribution is 2.28. The molecule has 0 aromatic heterocycles. The molecule has 0 bridgehead atoms. The van der Waals surface area contributed by atoms with Crippen LogP contribution in [0.15, 0.2) is 42.5 Å². The van der Waals surface area contributed by atoms with Crippen LogP contribution in [-0.2, 0) is 4.74 Å². The van der Waals surface area contributed by atoms with Crippen LogP contribution >= 0.6 is 11.6 Å². The summed E-state index contributed by atoms with van der Waals surface area (Å²) in [5, 5.41) is 0.0172. The molecule has 0 radical (unpaired) electrons. The Morgan fingerprint density at radius 3 is 2.48 bits per heavy atom. The van der Waals surface area contributed by atoms with Crippen molar-refractivity contribution >= 4 is 11.6 Å². The SMILES string of the molecule is Fc1ccc(C(CCN2CCOCC2)Oc2ccc(F)c(Cl)c2)cc1. The Labute approximate surface area is 151 Å². The first-order valence-corrected chi connectivity index (χ1v) is 8.67. The summed E-state index contributed by atoms with van der Waals surface area (Å²) < 4.78 is 38.0. The molecule has 25 heavy (non-hydrogen) atoms. The van der Waals surface area contributed by atoms with Crippen LogP contribution in [0.25, 0.3) is 0 Å². The quantitative estimate of drug-likeness (QED) is 0.752. The van der Waals surface area contributed by atoms with Crippen molar-refractivity contribution in [3.63, 3.8) is 0 Å². The fourth-order valence-electron chi connectivity index (χ4n) is 2.81. The molecule has 1 aliphatic rings. The molecular formula is C19H20ClF2NO2. The Kier molecular flexibility index (Phi) is 6.24. The largest absolute Gasteiger partial charge is 0.486 e.